The van der Waals surface area contributed by atoms with E-state index < -0.39 is 5.97 Å². The number of oxazole rings is 1. The maximum absolute atomic E-state index is 11.1. The highest BCUT2D eigenvalue weighted by Crippen LogP contribution is 2.29. The average molecular weight is 225 g/mol. The van der Waals surface area contributed by atoms with E-state index in [1.807, 2.05) is 34.6 Å². The van der Waals surface area contributed by atoms with E-state index in [4.69, 9.17) is 9.52 Å². The van der Waals surface area contributed by atoms with Crippen LogP contribution in [0.15, 0.2) is 4.42 Å². The van der Waals surface area contributed by atoms with Gasteiger partial charge in [-0.05, 0) is 6.42 Å². The van der Waals surface area contributed by atoms with Crippen LogP contribution in [0.5, 0.6) is 0 Å². The molecule has 1 N–H and O–H groups in total. The molecule has 90 valence electrons. The lowest BCUT2D eigenvalue weighted by atomic mass is 9.91. The maximum atomic E-state index is 11.1. The van der Waals surface area contributed by atoms with Crippen LogP contribution in [-0.2, 0) is 5.41 Å². The third-order valence-electron chi connectivity index (χ3n) is 2.58. The van der Waals surface area contributed by atoms with E-state index in [-0.39, 0.29) is 17.1 Å². The van der Waals surface area contributed by atoms with Gasteiger partial charge in [-0.2, -0.15) is 0 Å². The van der Waals surface area contributed by atoms with E-state index in [1.165, 1.54) is 0 Å². The number of carboxylic acids is 1. The van der Waals surface area contributed by atoms with Crippen molar-refractivity contribution in [1.29, 1.82) is 0 Å². The molecule has 0 spiro atoms. The molecular weight excluding hydrogens is 206 g/mol. The topological polar surface area (TPSA) is 63.3 Å². The molecule has 4 nitrogen and oxygen atoms in total. The molecule has 16 heavy (non-hydrogen) atoms. The van der Waals surface area contributed by atoms with Crippen LogP contribution < -0.4 is 0 Å². The molecule has 1 heterocycles. The second-order valence-corrected chi connectivity index (χ2v) is 5.09. The monoisotopic (exact) mass is 225 g/mol. The van der Waals surface area contributed by atoms with E-state index in [9.17, 15) is 4.79 Å². The van der Waals surface area contributed by atoms with Crippen LogP contribution in [0, 0.1) is 0 Å². The van der Waals surface area contributed by atoms with Crippen molar-refractivity contribution in [3.05, 3.63) is 17.3 Å². The molecule has 0 aliphatic heterocycles. The largest absolute Gasteiger partial charge is 0.475 e. The van der Waals surface area contributed by atoms with Crippen molar-refractivity contribution in [2.24, 2.45) is 0 Å². The minimum Gasteiger partial charge on any atom is -0.475 e. The van der Waals surface area contributed by atoms with Crippen molar-refractivity contribution in [3.8, 4) is 0 Å². The molecule has 0 aliphatic carbocycles. The first-order chi connectivity index (χ1) is 7.27. The fraction of sp³-hybridized carbons (Fsp3) is 0.667. The number of aromatic nitrogens is 1. The Labute approximate surface area is 95.7 Å². The lowest BCUT2D eigenvalue weighted by Crippen LogP contribution is -2.16. The minimum absolute atomic E-state index is 0.0252. The van der Waals surface area contributed by atoms with Gasteiger partial charge in [-0.15, -0.1) is 0 Å². The molecule has 0 radical (unpaired) electrons. The zero-order valence-electron chi connectivity index (χ0n) is 10.5. The Hall–Kier alpha value is -1.32. The highest BCUT2D eigenvalue weighted by atomic mass is 16.4. The summed E-state index contributed by atoms with van der Waals surface area (Å²) >= 11 is 0. The van der Waals surface area contributed by atoms with Gasteiger partial charge in [-0.25, -0.2) is 9.78 Å². The molecule has 1 aromatic rings. The van der Waals surface area contributed by atoms with Gasteiger partial charge < -0.3 is 9.52 Å². The summed E-state index contributed by atoms with van der Waals surface area (Å²) in [4.78, 5) is 15.4. The molecule has 0 aliphatic rings. The van der Waals surface area contributed by atoms with E-state index >= 15 is 0 Å². The predicted octanol–water partition coefficient (Wildman–Crippen LogP) is 3.18. The zero-order chi connectivity index (χ0) is 12.5. The van der Waals surface area contributed by atoms with Crippen molar-refractivity contribution < 1.29 is 14.3 Å². The molecule has 0 fully saturated rings. The van der Waals surface area contributed by atoms with Gasteiger partial charge in [0.1, 0.15) is 0 Å². The fourth-order valence-electron chi connectivity index (χ4n) is 1.38. The van der Waals surface area contributed by atoms with Crippen LogP contribution in [0.25, 0.3) is 0 Å². The van der Waals surface area contributed by atoms with Crippen molar-refractivity contribution in [3.63, 3.8) is 0 Å². The summed E-state index contributed by atoms with van der Waals surface area (Å²) in [7, 11) is 0. The molecule has 1 rings (SSSR count). The van der Waals surface area contributed by atoms with E-state index in [0.717, 1.165) is 6.42 Å². The van der Waals surface area contributed by atoms with Gasteiger partial charge >= 0.3 is 5.97 Å². The second-order valence-electron chi connectivity index (χ2n) is 5.09. The van der Waals surface area contributed by atoms with Gasteiger partial charge in [-0.3, -0.25) is 0 Å². The number of rotatable bonds is 3. The lowest BCUT2D eigenvalue weighted by molar-refractivity contribution is 0.0656. The Morgan fingerprint density at radius 3 is 2.38 bits per heavy atom. The Balaban J connectivity index is 3.26. The molecule has 1 aromatic heterocycles. The summed E-state index contributed by atoms with van der Waals surface area (Å²) in [5.41, 5.74) is 0.207. The van der Waals surface area contributed by atoms with Gasteiger partial charge in [0.25, 0.3) is 0 Å². The lowest BCUT2D eigenvalue weighted by Gasteiger charge is -2.14. The average Bonchev–Trinajstić information content (AvgIpc) is 2.60. The Morgan fingerprint density at radius 2 is 2.06 bits per heavy atom. The zero-order valence-corrected chi connectivity index (χ0v) is 10.5. The summed E-state index contributed by atoms with van der Waals surface area (Å²) in [5, 5.41) is 9.06. The van der Waals surface area contributed by atoms with Gasteiger partial charge in [0.2, 0.25) is 5.76 Å². The molecule has 4 heteroatoms. The van der Waals surface area contributed by atoms with Crippen LogP contribution >= 0.6 is 0 Å². The quantitative estimate of drug-likeness (QED) is 0.858. The van der Waals surface area contributed by atoms with Crippen molar-refractivity contribution in [1.82, 2.24) is 4.98 Å². The highest BCUT2D eigenvalue weighted by molar-refractivity contribution is 5.86. The van der Waals surface area contributed by atoms with Gasteiger partial charge in [0.05, 0.1) is 5.69 Å². The molecule has 0 saturated heterocycles. The predicted molar refractivity (Wildman–Crippen MR) is 60.9 cm³/mol. The Bertz CT molecular complexity index is 387. The maximum Gasteiger partial charge on any atom is 0.373 e. The summed E-state index contributed by atoms with van der Waals surface area (Å²) in [5.74, 6) is -0.409. The van der Waals surface area contributed by atoms with Crippen LogP contribution in [0.4, 0.5) is 0 Å². The second kappa shape index (κ2) is 4.28. The smallest absolute Gasteiger partial charge is 0.373 e. The first-order valence-corrected chi connectivity index (χ1v) is 5.51. The molecule has 0 bridgehead atoms. The molecule has 0 amide bonds. The first kappa shape index (κ1) is 12.7. The molecule has 1 atom stereocenters. The Kier molecular flexibility index (Phi) is 3.41. The van der Waals surface area contributed by atoms with E-state index in [2.05, 4.69) is 4.98 Å². The number of aromatic carboxylic acids is 1. The number of carboxylic acid groups (broad SMARTS) is 1. The number of nitrogens with zero attached hydrogens (tertiary/aromatic N) is 1. The number of hydrogen-bond acceptors (Lipinski definition) is 3. The molecule has 1 unspecified atom stereocenters. The highest BCUT2D eigenvalue weighted by Gasteiger charge is 2.29. The summed E-state index contributed by atoms with van der Waals surface area (Å²) < 4.78 is 5.34. The van der Waals surface area contributed by atoms with Crippen LogP contribution in [0.1, 0.15) is 69.1 Å². The van der Waals surface area contributed by atoms with Crippen LogP contribution in [-0.4, -0.2) is 16.1 Å². The van der Waals surface area contributed by atoms with Crippen molar-refractivity contribution in [2.45, 2.75) is 52.4 Å². The normalized spacial score (nSPS) is 13.8. The molecule has 0 saturated carbocycles. The third-order valence-corrected chi connectivity index (χ3v) is 2.58. The summed E-state index contributed by atoms with van der Waals surface area (Å²) in [6.45, 7) is 9.78. The number of hydrogen-bond donors (Lipinski definition) is 1. The minimum atomic E-state index is -1.05. The number of carbonyl (C=O) groups is 1. The van der Waals surface area contributed by atoms with Gasteiger partial charge in [0, 0.05) is 11.3 Å². The van der Waals surface area contributed by atoms with E-state index in [0.29, 0.717) is 11.6 Å². The first-order valence-electron chi connectivity index (χ1n) is 5.51. The van der Waals surface area contributed by atoms with Crippen LogP contribution in [0.2, 0.25) is 0 Å². The third kappa shape index (κ3) is 2.43. The molecular formula is C12H19NO3. The Morgan fingerprint density at radius 1 is 1.50 bits per heavy atom. The van der Waals surface area contributed by atoms with E-state index in [1.54, 1.807) is 0 Å². The van der Waals surface area contributed by atoms with Crippen molar-refractivity contribution >= 4 is 5.97 Å². The van der Waals surface area contributed by atoms with Gasteiger partial charge in [0.15, 0.2) is 5.89 Å². The van der Waals surface area contributed by atoms with Crippen molar-refractivity contribution in [2.75, 3.05) is 0 Å². The standard InChI is InChI=1S/C12H19NO3/c1-6-7(2)10-13-9(12(3,4)5)8(16-10)11(14)15/h7H,6H2,1-5H3,(H,14,15). The SMILES string of the molecule is CCC(C)c1nc(C(C)(C)C)c(C(=O)O)o1. The summed E-state index contributed by atoms with van der Waals surface area (Å²) in [6, 6.07) is 0. The molecule has 0 aromatic carbocycles. The van der Waals surface area contributed by atoms with Gasteiger partial charge in [-0.1, -0.05) is 34.6 Å². The van der Waals surface area contributed by atoms with Crippen LogP contribution in [0.3, 0.4) is 0 Å². The summed E-state index contributed by atoms with van der Waals surface area (Å²) in [6.07, 6.45) is 0.878. The fourth-order valence-corrected chi connectivity index (χ4v) is 1.38.